The molecule has 4 saturated carbocycles. The maximum Gasteiger partial charge on any atom is 0.0910 e. The van der Waals surface area contributed by atoms with Gasteiger partial charge in [-0.2, -0.15) is 0 Å². The third-order valence-corrected chi connectivity index (χ3v) is 12.5. The molecule has 3 nitrogen and oxygen atoms in total. The van der Waals surface area contributed by atoms with Crippen LogP contribution in [0, 0.1) is 45.3 Å². The third-order valence-electron chi connectivity index (χ3n) is 12.5. The Labute approximate surface area is 196 Å². The van der Waals surface area contributed by atoms with Crippen LogP contribution < -0.4 is 0 Å². The van der Waals surface area contributed by atoms with Crippen LogP contribution in [-0.2, 0) is 0 Å². The van der Waals surface area contributed by atoms with E-state index in [0.29, 0.717) is 17.8 Å². The van der Waals surface area contributed by atoms with Crippen LogP contribution in [0.15, 0.2) is 11.6 Å². The fourth-order valence-corrected chi connectivity index (χ4v) is 10.6. The molecule has 3 N–H and O–H groups in total. The fraction of sp³-hybridized carbons (Fsp3) is 0.931. The lowest BCUT2D eigenvalue weighted by Crippen LogP contribution is -2.62. The van der Waals surface area contributed by atoms with Crippen molar-refractivity contribution in [1.29, 1.82) is 0 Å². The van der Waals surface area contributed by atoms with Gasteiger partial charge in [-0.1, -0.05) is 46.3 Å². The SMILES string of the molecule is CC1(C)[C@H](O)CC[C@]2(C)[C@H]3CC[C@H]4[C@@](C)(CC[C@H]5[C@@](C)(O)[C@@H](O)CC[C@]45C)CC3=CC[C@@H]12. The Hall–Kier alpha value is -0.380. The maximum absolute atomic E-state index is 11.3. The lowest BCUT2D eigenvalue weighted by Gasteiger charge is -2.62. The van der Waals surface area contributed by atoms with Crippen LogP contribution in [0.2, 0.25) is 0 Å². The third kappa shape index (κ3) is 2.95. The summed E-state index contributed by atoms with van der Waals surface area (Å²) in [6.45, 7) is 14.1. The molecule has 0 aromatic heterocycles. The molecule has 4 fully saturated rings. The minimum Gasteiger partial charge on any atom is -0.393 e. The van der Waals surface area contributed by atoms with Crippen molar-refractivity contribution in [3.63, 3.8) is 0 Å². The van der Waals surface area contributed by atoms with Crippen molar-refractivity contribution < 1.29 is 15.3 Å². The molecule has 0 amide bonds. The van der Waals surface area contributed by atoms with Crippen molar-refractivity contribution in [2.75, 3.05) is 0 Å². The first-order chi connectivity index (χ1) is 14.8. The van der Waals surface area contributed by atoms with Crippen LogP contribution in [0.4, 0.5) is 0 Å². The van der Waals surface area contributed by atoms with Gasteiger partial charge in [-0.05, 0) is 116 Å². The van der Waals surface area contributed by atoms with E-state index in [-0.39, 0.29) is 33.7 Å². The predicted molar refractivity (Wildman–Crippen MR) is 129 cm³/mol. The minimum atomic E-state index is -0.965. The Morgan fingerprint density at radius 1 is 0.719 bits per heavy atom. The van der Waals surface area contributed by atoms with Crippen molar-refractivity contribution in [2.24, 2.45) is 45.3 Å². The molecule has 0 radical (unpaired) electrons. The van der Waals surface area contributed by atoms with E-state index in [2.05, 4.69) is 40.7 Å². The molecule has 0 bridgehead atoms. The number of aliphatic hydroxyl groups excluding tert-OH is 2. The summed E-state index contributed by atoms with van der Waals surface area (Å²) in [5.74, 6) is 1.98. The molecule has 10 atom stereocenters. The fourth-order valence-electron chi connectivity index (χ4n) is 10.6. The quantitative estimate of drug-likeness (QED) is 0.410. The Morgan fingerprint density at radius 2 is 1.38 bits per heavy atom. The zero-order chi connectivity index (χ0) is 23.3. The highest BCUT2D eigenvalue weighted by atomic mass is 16.3. The van der Waals surface area contributed by atoms with Gasteiger partial charge in [0.1, 0.15) is 0 Å². The van der Waals surface area contributed by atoms with E-state index in [4.69, 9.17) is 0 Å². The van der Waals surface area contributed by atoms with E-state index in [1.54, 1.807) is 5.57 Å². The van der Waals surface area contributed by atoms with Crippen molar-refractivity contribution in [3.05, 3.63) is 11.6 Å². The van der Waals surface area contributed by atoms with E-state index >= 15 is 0 Å². The molecule has 0 heterocycles. The van der Waals surface area contributed by atoms with Crippen LogP contribution in [0.25, 0.3) is 0 Å². The highest BCUT2D eigenvalue weighted by Gasteiger charge is 2.63. The van der Waals surface area contributed by atoms with Crippen molar-refractivity contribution >= 4 is 0 Å². The first-order valence-corrected chi connectivity index (χ1v) is 13.5. The number of aliphatic hydroxyl groups is 3. The molecule has 182 valence electrons. The number of fused-ring (bicyclic) bond motifs is 6. The predicted octanol–water partition coefficient (Wildman–Crippen LogP) is 5.86. The molecule has 5 aliphatic rings. The molecule has 0 unspecified atom stereocenters. The zero-order valence-electron chi connectivity index (χ0n) is 21.5. The first-order valence-electron chi connectivity index (χ1n) is 13.5. The largest absolute Gasteiger partial charge is 0.393 e. The normalized spacial score (nSPS) is 57.2. The standard InChI is InChI=1S/C29H48O3/c1-25(2)20-9-7-18-17-26(3)14-11-22-28(5,16-13-24(31)29(22,6)32)21(26)10-8-19(18)27(20,4)15-12-23(25)30/h7,19-24,30-32H,8-17H2,1-6H3/t19-,20-,21-,22+,23+,24-,26-,27+,28+,29+/m0/s1. The summed E-state index contributed by atoms with van der Waals surface area (Å²) in [5.41, 5.74) is 1.40. The van der Waals surface area contributed by atoms with Gasteiger partial charge in [-0.15, -0.1) is 0 Å². The summed E-state index contributed by atoms with van der Waals surface area (Å²) >= 11 is 0. The molecule has 0 saturated heterocycles. The van der Waals surface area contributed by atoms with Gasteiger partial charge in [-0.3, -0.25) is 0 Å². The summed E-state index contributed by atoms with van der Waals surface area (Å²) in [4.78, 5) is 0. The molecule has 0 aliphatic heterocycles. The van der Waals surface area contributed by atoms with Crippen LogP contribution >= 0.6 is 0 Å². The second kappa shape index (κ2) is 7.08. The van der Waals surface area contributed by atoms with Crippen molar-refractivity contribution in [2.45, 2.75) is 124 Å². The van der Waals surface area contributed by atoms with E-state index in [1.807, 2.05) is 6.92 Å². The second-order valence-corrected chi connectivity index (χ2v) is 14.3. The van der Waals surface area contributed by atoms with Gasteiger partial charge in [0.15, 0.2) is 0 Å². The number of rotatable bonds is 0. The highest BCUT2D eigenvalue weighted by Crippen LogP contribution is 2.69. The Balaban J connectivity index is 1.50. The topological polar surface area (TPSA) is 60.7 Å². The average Bonchev–Trinajstić information content (AvgIpc) is 2.86. The lowest BCUT2D eigenvalue weighted by molar-refractivity contribution is -0.214. The lowest BCUT2D eigenvalue weighted by atomic mass is 9.44. The second-order valence-electron chi connectivity index (χ2n) is 14.3. The monoisotopic (exact) mass is 444 g/mol. The van der Waals surface area contributed by atoms with Crippen molar-refractivity contribution in [1.82, 2.24) is 0 Å². The molecule has 5 aliphatic carbocycles. The van der Waals surface area contributed by atoms with Crippen LogP contribution in [0.3, 0.4) is 0 Å². The molecule has 0 aromatic rings. The van der Waals surface area contributed by atoms with Crippen LogP contribution in [0.1, 0.15) is 106 Å². The Morgan fingerprint density at radius 3 is 2.09 bits per heavy atom. The summed E-state index contributed by atoms with van der Waals surface area (Å²) in [6.07, 6.45) is 12.7. The number of hydrogen-bond donors (Lipinski definition) is 3. The minimum absolute atomic E-state index is 0.0206. The van der Waals surface area contributed by atoms with Gasteiger partial charge in [0.2, 0.25) is 0 Å². The van der Waals surface area contributed by atoms with Gasteiger partial charge in [0.05, 0.1) is 17.8 Å². The summed E-state index contributed by atoms with van der Waals surface area (Å²) in [7, 11) is 0. The Kier molecular flexibility index (Phi) is 5.17. The summed E-state index contributed by atoms with van der Waals surface area (Å²) < 4.78 is 0. The van der Waals surface area contributed by atoms with Gasteiger partial charge in [0, 0.05) is 0 Å². The van der Waals surface area contributed by atoms with E-state index in [9.17, 15) is 15.3 Å². The zero-order valence-corrected chi connectivity index (χ0v) is 21.5. The van der Waals surface area contributed by atoms with Crippen LogP contribution in [0.5, 0.6) is 0 Å². The molecular formula is C29H48O3. The maximum atomic E-state index is 11.3. The number of allylic oxidation sites excluding steroid dienone is 2. The van der Waals surface area contributed by atoms with Gasteiger partial charge in [0.25, 0.3) is 0 Å². The molecule has 32 heavy (non-hydrogen) atoms. The van der Waals surface area contributed by atoms with E-state index in [0.717, 1.165) is 44.9 Å². The van der Waals surface area contributed by atoms with Gasteiger partial charge < -0.3 is 15.3 Å². The molecule has 5 rings (SSSR count). The summed E-state index contributed by atoms with van der Waals surface area (Å²) in [6, 6.07) is 0. The Bertz CT molecular complexity index is 798. The van der Waals surface area contributed by atoms with Gasteiger partial charge in [-0.25, -0.2) is 0 Å². The van der Waals surface area contributed by atoms with E-state index < -0.39 is 11.7 Å². The highest BCUT2D eigenvalue weighted by molar-refractivity contribution is 5.25. The first kappa shape index (κ1) is 23.4. The summed E-state index contributed by atoms with van der Waals surface area (Å²) in [5, 5.41) is 32.8. The average molecular weight is 445 g/mol. The molecule has 0 spiro atoms. The number of hydrogen-bond acceptors (Lipinski definition) is 3. The molecular weight excluding hydrogens is 396 g/mol. The molecule has 3 heteroatoms. The molecule has 0 aromatic carbocycles. The van der Waals surface area contributed by atoms with Crippen LogP contribution in [-0.4, -0.2) is 33.1 Å². The smallest absolute Gasteiger partial charge is 0.0910 e. The van der Waals surface area contributed by atoms with Crippen molar-refractivity contribution in [3.8, 4) is 0 Å². The van der Waals surface area contributed by atoms with E-state index in [1.165, 1.54) is 19.3 Å². The van der Waals surface area contributed by atoms with Gasteiger partial charge >= 0.3 is 0 Å².